The second-order valence-electron chi connectivity index (χ2n) is 7.41. The number of methoxy groups -OCH3 is 4. The number of carboxylic acid groups (broad SMARTS) is 3. The fourth-order valence-corrected chi connectivity index (χ4v) is 3.39. The molecule has 0 spiro atoms. The van der Waals surface area contributed by atoms with Crippen LogP contribution in [0, 0.1) is 0 Å². The third kappa shape index (κ3) is 8.99. The summed E-state index contributed by atoms with van der Waals surface area (Å²) in [5.74, 6) is -1.34. The minimum atomic E-state index is -1.82. The highest BCUT2D eigenvalue weighted by Gasteiger charge is 2.23. The number of benzene rings is 2. The Kier molecular flexibility index (Phi) is 12.6. The van der Waals surface area contributed by atoms with Gasteiger partial charge < -0.3 is 39.6 Å². The summed E-state index contributed by atoms with van der Waals surface area (Å²) in [6.45, 7) is 2.54. The molecule has 11 heteroatoms. The summed E-state index contributed by atoms with van der Waals surface area (Å²) < 4.78 is 21.7. The first-order valence-corrected chi connectivity index (χ1v) is 11.0. The zero-order chi connectivity index (χ0) is 27.3. The van der Waals surface area contributed by atoms with Gasteiger partial charge in [0, 0.05) is 12.5 Å². The SMILES string of the molecule is CCC(=O)O.COc1ccc(CC2NCCc3cc(OC)c(OC)cc32)cc1OC.O=C(O)C(=O)O. The highest BCUT2D eigenvalue weighted by Crippen LogP contribution is 2.37. The van der Waals surface area contributed by atoms with Gasteiger partial charge in [-0.15, -0.1) is 0 Å². The van der Waals surface area contributed by atoms with E-state index in [9.17, 15) is 4.79 Å². The van der Waals surface area contributed by atoms with E-state index >= 15 is 0 Å². The summed E-state index contributed by atoms with van der Waals surface area (Å²) in [7, 11) is 6.65. The summed E-state index contributed by atoms with van der Waals surface area (Å²) in [6, 6.07) is 10.5. The van der Waals surface area contributed by atoms with Crippen LogP contribution in [0.4, 0.5) is 0 Å². The predicted octanol–water partition coefficient (Wildman–Crippen LogP) is 2.79. The van der Waals surface area contributed by atoms with Crippen molar-refractivity contribution in [2.45, 2.75) is 32.2 Å². The average Bonchev–Trinajstić information content (AvgIpc) is 2.88. The van der Waals surface area contributed by atoms with Crippen molar-refractivity contribution < 1.29 is 48.7 Å². The van der Waals surface area contributed by atoms with Crippen molar-refractivity contribution in [1.29, 1.82) is 0 Å². The number of carboxylic acids is 3. The minimum absolute atomic E-state index is 0.222. The zero-order valence-electron chi connectivity index (χ0n) is 21.0. The maximum absolute atomic E-state index is 9.37. The molecule has 0 aromatic heterocycles. The molecule has 0 bridgehead atoms. The predicted molar refractivity (Wildman–Crippen MR) is 130 cm³/mol. The van der Waals surface area contributed by atoms with Crippen molar-refractivity contribution >= 4 is 17.9 Å². The summed E-state index contributed by atoms with van der Waals surface area (Å²) in [6.07, 6.45) is 2.07. The molecule has 1 aliphatic heterocycles. The number of fused-ring (bicyclic) bond motifs is 1. The molecule has 0 amide bonds. The zero-order valence-corrected chi connectivity index (χ0v) is 21.0. The van der Waals surface area contributed by atoms with E-state index in [0.29, 0.717) is 0 Å². The van der Waals surface area contributed by atoms with E-state index in [1.165, 1.54) is 16.7 Å². The van der Waals surface area contributed by atoms with Gasteiger partial charge in [-0.1, -0.05) is 13.0 Å². The first-order valence-electron chi connectivity index (χ1n) is 11.0. The third-order valence-corrected chi connectivity index (χ3v) is 5.18. The highest BCUT2D eigenvalue weighted by molar-refractivity contribution is 6.27. The number of carbonyl (C=O) groups is 3. The molecule has 0 fully saturated rings. The van der Waals surface area contributed by atoms with Crippen LogP contribution in [0.25, 0.3) is 0 Å². The van der Waals surface area contributed by atoms with Crippen LogP contribution in [0.15, 0.2) is 30.3 Å². The van der Waals surface area contributed by atoms with Crippen LogP contribution < -0.4 is 24.3 Å². The molecule has 4 N–H and O–H groups in total. The van der Waals surface area contributed by atoms with Gasteiger partial charge in [-0.2, -0.15) is 0 Å². The van der Waals surface area contributed by atoms with Crippen LogP contribution >= 0.6 is 0 Å². The standard InChI is InChI=1S/C20H25NO4.C3H6O2.C2H2O4/c1-22-17-6-5-13(10-18(17)23-2)9-16-15-12-20(25-4)19(24-3)11-14(15)7-8-21-16;1-2-3(4)5;3-1(4)2(5)6/h5-6,10-12,16,21H,7-9H2,1-4H3;2H2,1H3,(H,4,5);(H,3,4)(H,5,6). The Labute approximate surface area is 209 Å². The summed E-state index contributed by atoms with van der Waals surface area (Å²) >= 11 is 0. The lowest BCUT2D eigenvalue weighted by Gasteiger charge is -2.28. The molecule has 36 heavy (non-hydrogen) atoms. The number of hydrogen-bond donors (Lipinski definition) is 4. The molecule has 1 aliphatic rings. The van der Waals surface area contributed by atoms with E-state index in [4.69, 9.17) is 43.9 Å². The van der Waals surface area contributed by atoms with Crippen molar-refractivity contribution in [2.24, 2.45) is 0 Å². The van der Waals surface area contributed by atoms with E-state index in [-0.39, 0.29) is 12.5 Å². The number of aliphatic carboxylic acids is 3. The summed E-state index contributed by atoms with van der Waals surface area (Å²) in [5, 5.41) is 26.1. The van der Waals surface area contributed by atoms with Gasteiger partial charge in [0.25, 0.3) is 0 Å². The molecule has 0 saturated heterocycles. The third-order valence-electron chi connectivity index (χ3n) is 5.18. The molecule has 0 radical (unpaired) electrons. The van der Waals surface area contributed by atoms with Crippen molar-refractivity contribution in [1.82, 2.24) is 5.32 Å². The summed E-state index contributed by atoms with van der Waals surface area (Å²) in [5.41, 5.74) is 3.76. The largest absolute Gasteiger partial charge is 0.493 e. The molecular formula is C25H33NO10. The van der Waals surface area contributed by atoms with Crippen molar-refractivity contribution in [2.75, 3.05) is 35.0 Å². The Morgan fingerprint density at radius 3 is 1.81 bits per heavy atom. The van der Waals surface area contributed by atoms with Crippen LogP contribution in [-0.4, -0.2) is 68.2 Å². The minimum Gasteiger partial charge on any atom is -0.493 e. The van der Waals surface area contributed by atoms with Gasteiger partial charge in [0.05, 0.1) is 28.4 Å². The molecular weight excluding hydrogens is 474 g/mol. The van der Waals surface area contributed by atoms with Gasteiger partial charge in [-0.05, 0) is 60.3 Å². The number of hydrogen-bond acceptors (Lipinski definition) is 8. The van der Waals surface area contributed by atoms with E-state index in [1.807, 2.05) is 12.1 Å². The van der Waals surface area contributed by atoms with Crippen LogP contribution in [0.5, 0.6) is 23.0 Å². The van der Waals surface area contributed by atoms with E-state index in [0.717, 1.165) is 42.4 Å². The lowest BCUT2D eigenvalue weighted by molar-refractivity contribution is -0.159. The smallest absolute Gasteiger partial charge is 0.414 e. The first kappa shape index (κ1) is 30.0. The molecule has 3 rings (SSSR count). The Bertz CT molecular complexity index is 1030. The fourth-order valence-electron chi connectivity index (χ4n) is 3.39. The second-order valence-corrected chi connectivity index (χ2v) is 7.41. The Hall–Kier alpha value is -3.99. The fraction of sp³-hybridized carbons (Fsp3) is 0.400. The van der Waals surface area contributed by atoms with Crippen molar-refractivity contribution in [3.8, 4) is 23.0 Å². The van der Waals surface area contributed by atoms with Crippen molar-refractivity contribution in [3.05, 3.63) is 47.0 Å². The Morgan fingerprint density at radius 1 is 0.833 bits per heavy atom. The van der Waals surface area contributed by atoms with E-state index in [1.54, 1.807) is 35.4 Å². The molecule has 11 nitrogen and oxygen atoms in total. The number of rotatable bonds is 7. The quantitative estimate of drug-likeness (QED) is 0.408. The molecule has 2 aromatic carbocycles. The Balaban J connectivity index is 0.000000495. The number of nitrogens with one attached hydrogen (secondary N) is 1. The van der Waals surface area contributed by atoms with Crippen molar-refractivity contribution in [3.63, 3.8) is 0 Å². The van der Waals surface area contributed by atoms with Gasteiger partial charge in [-0.3, -0.25) is 4.79 Å². The molecule has 198 valence electrons. The molecule has 1 heterocycles. The second kappa shape index (κ2) is 15.1. The summed E-state index contributed by atoms with van der Waals surface area (Å²) in [4.78, 5) is 27.6. The lowest BCUT2D eigenvalue weighted by atomic mass is 9.89. The molecule has 0 saturated carbocycles. The number of ether oxygens (including phenoxy) is 4. The van der Waals surface area contributed by atoms with Crippen LogP contribution in [0.1, 0.15) is 36.1 Å². The van der Waals surface area contributed by atoms with Crippen LogP contribution in [0.2, 0.25) is 0 Å². The monoisotopic (exact) mass is 507 g/mol. The van der Waals surface area contributed by atoms with Gasteiger partial charge in [-0.25, -0.2) is 9.59 Å². The van der Waals surface area contributed by atoms with Gasteiger partial charge in [0.1, 0.15) is 0 Å². The van der Waals surface area contributed by atoms with E-state index < -0.39 is 17.9 Å². The van der Waals surface area contributed by atoms with Gasteiger partial charge in [0.15, 0.2) is 23.0 Å². The topological polar surface area (TPSA) is 161 Å². The Morgan fingerprint density at radius 2 is 1.33 bits per heavy atom. The first-order chi connectivity index (χ1) is 17.1. The van der Waals surface area contributed by atoms with E-state index in [2.05, 4.69) is 23.5 Å². The maximum Gasteiger partial charge on any atom is 0.414 e. The molecule has 2 aromatic rings. The lowest BCUT2D eigenvalue weighted by Crippen LogP contribution is -2.31. The van der Waals surface area contributed by atoms with Crippen LogP contribution in [0.3, 0.4) is 0 Å². The molecule has 0 aliphatic carbocycles. The highest BCUT2D eigenvalue weighted by atomic mass is 16.5. The normalized spacial score (nSPS) is 13.4. The molecule has 1 unspecified atom stereocenters. The maximum atomic E-state index is 9.37. The van der Waals surface area contributed by atoms with Gasteiger partial charge in [0.2, 0.25) is 0 Å². The average molecular weight is 508 g/mol. The van der Waals surface area contributed by atoms with Gasteiger partial charge >= 0.3 is 17.9 Å². The molecule has 1 atom stereocenters. The van der Waals surface area contributed by atoms with Crippen LogP contribution in [-0.2, 0) is 27.2 Å².